The van der Waals surface area contributed by atoms with E-state index in [1.165, 1.54) is 5.56 Å². The van der Waals surface area contributed by atoms with Gasteiger partial charge in [-0.05, 0) is 83.4 Å². The van der Waals surface area contributed by atoms with Gasteiger partial charge in [0.2, 0.25) is 5.89 Å². The predicted octanol–water partition coefficient (Wildman–Crippen LogP) is 7.50. The molecule has 6 nitrogen and oxygen atoms in total. The van der Waals surface area contributed by atoms with Crippen molar-refractivity contribution < 1.29 is 13.9 Å². The molecule has 0 aliphatic carbocycles. The van der Waals surface area contributed by atoms with Gasteiger partial charge in [-0.3, -0.25) is 10.1 Å². The number of aromatic nitrogens is 1. The Morgan fingerprint density at radius 2 is 1.64 bits per heavy atom. The van der Waals surface area contributed by atoms with Crippen LogP contribution in [0.3, 0.4) is 0 Å². The quantitative estimate of drug-likeness (QED) is 0.219. The maximum absolute atomic E-state index is 12.7. The molecule has 0 saturated heterocycles. The first-order valence-corrected chi connectivity index (χ1v) is 13.1. The van der Waals surface area contributed by atoms with Crippen LogP contribution in [-0.4, -0.2) is 16.0 Å². The number of nitrogens with one attached hydrogen (secondary N) is 2. The SMILES string of the molecule is CC(C)(C)c1ccc(-c2nc3cc(NC(=S)NC(=O)c4ccc(OCc5ccccc5)cc4)ccc3o2)cc1. The van der Waals surface area contributed by atoms with Crippen LogP contribution in [0.1, 0.15) is 42.3 Å². The molecular formula is C32H29N3O3S. The monoisotopic (exact) mass is 535 g/mol. The number of fused-ring (bicyclic) bond motifs is 1. The molecule has 1 heterocycles. The zero-order chi connectivity index (χ0) is 27.4. The topological polar surface area (TPSA) is 76.4 Å². The normalized spacial score (nSPS) is 11.3. The molecule has 0 radical (unpaired) electrons. The number of anilines is 1. The summed E-state index contributed by atoms with van der Waals surface area (Å²) in [7, 11) is 0. The van der Waals surface area contributed by atoms with Crippen molar-refractivity contribution >= 4 is 40.0 Å². The first kappa shape index (κ1) is 26.1. The summed E-state index contributed by atoms with van der Waals surface area (Å²) < 4.78 is 11.7. The minimum absolute atomic E-state index is 0.0780. The average Bonchev–Trinajstić information content (AvgIpc) is 3.36. The molecule has 1 aromatic heterocycles. The Kier molecular flexibility index (Phi) is 7.43. The Morgan fingerprint density at radius 3 is 2.33 bits per heavy atom. The van der Waals surface area contributed by atoms with Crippen LogP contribution in [0, 0.1) is 0 Å². The third kappa shape index (κ3) is 6.51. The maximum Gasteiger partial charge on any atom is 0.257 e. The smallest absolute Gasteiger partial charge is 0.257 e. The number of ether oxygens (including phenoxy) is 1. The molecule has 5 rings (SSSR count). The Balaban J connectivity index is 1.19. The molecule has 0 fully saturated rings. The van der Waals surface area contributed by atoms with Crippen molar-refractivity contribution in [3.8, 4) is 17.2 Å². The van der Waals surface area contributed by atoms with E-state index < -0.39 is 0 Å². The molecule has 0 aliphatic rings. The molecule has 0 aliphatic heterocycles. The number of hydrogen-bond acceptors (Lipinski definition) is 5. The molecule has 2 N–H and O–H groups in total. The fourth-order valence-electron chi connectivity index (χ4n) is 4.02. The highest BCUT2D eigenvalue weighted by Gasteiger charge is 2.15. The van der Waals surface area contributed by atoms with E-state index in [1.807, 2.05) is 60.7 Å². The number of nitrogens with zero attached hydrogens (tertiary/aromatic N) is 1. The average molecular weight is 536 g/mol. The molecule has 0 saturated carbocycles. The lowest BCUT2D eigenvalue weighted by atomic mass is 9.87. The van der Waals surface area contributed by atoms with Crippen LogP contribution in [-0.2, 0) is 12.0 Å². The number of thiocarbonyl (C=S) groups is 1. The zero-order valence-electron chi connectivity index (χ0n) is 22.0. The van der Waals surface area contributed by atoms with Crippen LogP contribution in [0.4, 0.5) is 5.69 Å². The summed E-state index contributed by atoms with van der Waals surface area (Å²) >= 11 is 5.37. The van der Waals surface area contributed by atoms with Crippen molar-refractivity contribution in [2.45, 2.75) is 32.8 Å². The molecule has 39 heavy (non-hydrogen) atoms. The van der Waals surface area contributed by atoms with E-state index >= 15 is 0 Å². The van der Waals surface area contributed by atoms with Crippen molar-refractivity contribution in [3.63, 3.8) is 0 Å². The van der Waals surface area contributed by atoms with Gasteiger partial charge in [-0.2, -0.15) is 0 Å². The number of oxazole rings is 1. The highest BCUT2D eigenvalue weighted by atomic mass is 32.1. The third-order valence-corrected chi connectivity index (χ3v) is 6.44. The van der Waals surface area contributed by atoms with Crippen LogP contribution in [0.15, 0.2) is 101 Å². The number of amides is 1. The lowest BCUT2D eigenvalue weighted by Gasteiger charge is -2.18. The summed E-state index contributed by atoms with van der Waals surface area (Å²) in [6.07, 6.45) is 0. The van der Waals surface area contributed by atoms with Crippen molar-refractivity contribution in [2.75, 3.05) is 5.32 Å². The van der Waals surface area contributed by atoms with Gasteiger partial charge in [0.25, 0.3) is 5.91 Å². The van der Waals surface area contributed by atoms with Gasteiger partial charge in [0.05, 0.1) is 0 Å². The van der Waals surface area contributed by atoms with Gasteiger partial charge in [-0.25, -0.2) is 4.98 Å². The maximum atomic E-state index is 12.7. The third-order valence-electron chi connectivity index (χ3n) is 6.24. The highest BCUT2D eigenvalue weighted by molar-refractivity contribution is 7.80. The van der Waals surface area contributed by atoms with Gasteiger partial charge in [0.15, 0.2) is 10.7 Å². The Hall–Kier alpha value is -4.49. The van der Waals surface area contributed by atoms with Crippen LogP contribution < -0.4 is 15.4 Å². The summed E-state index contributed by atoms with van der Waals surface area (Å²) in [5.74, 6) is 0.918. The fraction of sp³-hybridized carbons (Fsp3) is 0.156. The second-order valence-corrected chi connectivity index (χ2v) is 10.6. The molecule has 196 valence electrons. The van der Waals surface area contributed by atoms with E-state index in [2.05, 4.69) is 48.5 Å². The van der Waals surface area contributed by atoms with Crippen LogP contribution in [0.5, 0.6) is 5.75 Å². The number of benzene rings is 4. The molecular weight excluding hydrogens is 506 g/mol. The van der Waals surface area contributed by atoms with Crippen LogP contribution in [0.2, 0.25) is 0 Å². The number of rotatable bonds is 6. The van der Waals surface area contributed by atoms with Crippen LogP contribution in [0.25, 0.3) is 22.6 Å². The fourth-order valence-corrected chi connectivity index (χ4v) is 4.23. The summed E-state index contributed by atoms with van der Waals surface area (Å²) in [6, 6.07) is 30.6. The molecule has 1 amide bonds. The number of hydrogen-bond donors (Lipinski definition) is 2. The Labute approximate surface area is 233 Å². The minimum atomic E-state index is -0.314. The molecule has 0 spiro atoms. The molecule has 0 unspecified atom stereocenters. The van der Waals surface area contributed by atoms with Gasteiger partial charge < -0.3 is 14.5 Å². The zero-order valence-corrected chi connectivity index (χ0v) is 22.8. The molecule has 0 bridgehead atoms. The standard InChI is InChI=1S/C32H29N3O3S/c1-32(2,3)24-13-9-23(10-14-24)30-34-27-19-25(15-18-28(27)38-30)33-31(39)35-29(36)22-11-16-26(17-12-22)37-20-21-7-5-4-6-8-21/h4-19H,20H2,1-3H3,(H2,33,35,36,39). The van der Waals surface area contributed by atoms with Crippen molar-refractivity contribution in [3.05, 3.63) is 114 Å². The van der Waals surface area contributed by atoms with Gasteiger partial charge >= 0.3 is 0 Å². The number of carbonyl (C=O) groups excluding carboxylic acids is 1. The van der Waals surface area contributed by atoms with E-state index in [9.17, 15) is 4.79 Å². The molecule has 4 aromatic carbocycles. The van der Waals surface area contributed by atoms with E-state index in [0.29, 0.717) is 40.6 Å². The second kappa shape index (κ2) is 11.1. The lowest BCUT2D eigenvalue weighted by Crippen LogP contribution is -2.34. The van der Waals surface area contributed by atoms with E-state index in [1.54, 1.807) is 24.3 Å². The summed E-state index contributed by atoms with van der Waals surface area (Å²) in [5.41, 5.74) is 5.83. The van der Waals surface area contributed by atoms with Crippen LogP contribution >= 0.6 is 12.2 Å². The van der Waals surface area contributed by atoms with E-state index in [-0.39, 0.29) is 16.4 Å². The van der Waals surface area contributed by atoms with E-state index in [4.69, 9.17) is 21.4 Å². The molecule has 0 atom stereocenters. The van der Waals surface area contributed by atoms with Gasteiger partial charge in [-0.15, -0.1) is 0 Å². The van der Waals surface area contributed by atoms with Crippen molar-refractivity contribution in [2.24, 2.45) is 0 Å². The van der Waals surface area contributed by atoms with Crippen molar-refractivity contribution in [1.82, 2.24) is 10.3 Å². The van der Waals surface area contributed by atoms with Gasteiger partial charge in [0.1, 0.15) is 17.9 Å². The first-order valence-electron chi connectivity index (χ1n) is 12.7. The Bertz CT molecular complexity index is 1600. The second-order valence-electron chi connectivity index (χ2n) is 10.2. The first-order chi connectivity index (χ1) is 18.7. The van der Waals surface area contributed by atoms with E-state index in [0.717, 1.165) is 11.1 Å². The largest absolute Gasteiger partial charge is 0.489 e. The van der Waals surface area contributed by atoms with Crippen molar-refractivity contribution in [1.29, 1.82) is 0 Å². The number of carbonyl (C=O) groups is 1. The summed E-state index contributed by atoms with van der Waals surface area (Å²) in [5, 5.41) is 5.95. The molecule has 7 heteroatoms. The summed E-state index contributed by atoms with van der Waals surface area (Å²) in [6.45, 7) is 7.01. The minimum Gasteiger partial charge on any atom is -0.489 e. The highest BCUT2D eigenvalue weighted by Crippen LogP contribution is 2.29. The molecule has 5 aromatic rings. The lowest BCUT2D eigenvalue weighted by molar-refractivity contribution is 0.0977. The predicted molar refractivity (Wildman–Crippen MR) is 159 cm³/mol. The van der Waals surface area contributed by atoms with Gasteiger partial charge in [-0.1, -0.05) is 63.2 Å². The summed E-state index contributed by atoms with van der Waals surface area (Å²) in [4.78, 5) is 17.3. The van der Waals surface area contributed by atoms with Gasteiger partial charge in [0, 0.05) is 16.8 Å². The Morgan fingerprint density at radius 1 is 0.923 bits per heavy atom.